The summed E-state index contributed by atoms with van der Waals surface area (Å²) in [5.74, 6) is 1.25. The topological polar surface area (TPSA) is 50.3 Å². The lowest BCUT2D eigenvalue weighted by Gasteiger charge is -2.26. The Hall–Kier alpha value is -2.30. The van der Waals surface area contributed by atoms with Crippen molar-refractivity contribution in [2.24, 2.45) is 0 Å². The van der Waals surface area contributed by atoms with E-state index in [1.807, 2.05) is 25.2 Å². The third-order valence-corrected chi connectivity index (χ3v) is 3.11. The first kappa shape index (κ1) is 11.8. The molecule has 1 aliphatic heterocycles. The molecule has 3 rings (SSSR count). The van der Waals surface area contributed by atoms with Gasteiger partial charge in [-0.2, -0.15) is 4.98 Å². The smallest absolute Gasteiger partial charge is 0.242 e. The van der Waals surface area contributed by atoms with Crippen molar-refractivity contribution < 1.29 is 4.74 Å². The average Bonchev–Trinajstić information content (AvgIpc) is 2.46. The fourth-order valence-corrected chi connectivity index (χ4v) is 1.99. The van der Waals surface area contributed by atoms with E-state index in [1.54, 1.807) is 6.20 Å². The molecule has 1 aliphatic rings. The van der Waals surface area contributed by atoms with Gasteiger partial charge in [0.2, 0.25) is 11.8 Å². The number of ether oxygens (including phenoxy) is 1. The van der Waals surface area contributed by atoms with Crippen LogP contribution < -0.4 is 15.0 Å². The maximum absolute atomic E-state index is 5.55. The molecule has 98 valence electrons. The van der Waals surface area contributed by atoms with Crippen LogP contribution in [0.5, 0.6) is 5.88 Å². The minimum absolute atomic E-state index is 0.595. The summed E-state index contributed by atoms with van der Waals surface area (Å²) in [4.78, 5) is 10.8. The SMILES string of the molecule is CN1CCOc2nc(NCc3ccccc3)ncc21. The van der Waals surface area contributed by atoms with E-state index >= 15 is 0 Å². The molecular weight excluding hydrogens is 240 g/mol. The molecule has 0 radical (unpaired) electrons. The molecule has 0 unspecified atom stereocenters. The van der Waals surface area contributed by atoms with Crippen molar-refractivity contribution in [2.45, 2.75) is 6.54 Å². The van der Waals surface area contributed by atoms with E-state index in [1.165, 1.54) is 5.56 Å². The van der Waals surface area contributed by atoms with Crippen LogP contribution in [0.1, 0.15) is 5.56 Å². The van der Waals surface area contributed by atoms with Crippen LogP contribution in [-0.4, -0.2) is 30.2 Å². The van der Waals surface area contributed by atoms with Crippen LogP contribution in [0, 0.1) is 0 Å². The van der Waals surface area contributed by atoms with Gasteiger partial charge in [0.15, 0.2) is 0 Å². The number of likely N-dealkylation sites (N-methyl/N-ethyl adjacent to an activating group) is 1. The fraction of sp³-hybridized carbons (Fsp3) is 0.286. The van der Waals surface area contributed by atoms with Crippen LogP contribution in [0.3, 0.4) is 0 Å². The number of nitrogens with one attached hydrogen (secondary N) is 1. The number of nitrogens with zero attached hydrogens (tertiary/aromatic N) is 3. The van der Waals surface area contributed by atoms with Crippen molar-refractivity contribution in [2.75, 3.05) is 30.4 Å². The van der Waals surface area contributed by atoms with Crippen molar-refractivity contribution in [1.29, 1.82) is 0 Å². The zero-order valence-electron chi connectivity index (χ0n) is 10.8. The number of anilines is 2. The lowest BCUT2D eigenvalue weighted by molar-refractivity contribution is 0.298. The third-order valence-electron chi connectivity index (χ3n) is 3.11. The van der Waals surface area contributed by atoms with E-state index in [9.17, 15) is 0 Å². The molecule has 0 saturated carbocycles. The molecule has 2 heterocycles. The van der Waals surface area contributed by atoms with E-state index in [0.29, 0.717) is 25.0 Å². The highest BCUT2D eigenvalue weighted by atomic mass is 16.5. The van der Waals surface area contributed by atoms with E-state index in [-0.39, 0.29) is 0 Å². The largest absolute Gasteiger partial charge is 0.474 e. The molecule has 0 fully saturated rings. The van der Waals surface area contributed by atoms with Gasteiger partial charge in [0.1, 0.15) is 12.3 Å². The molecule has 0 saturated heterocycles. The van der Waals surface area contributed by atoms with Crippen LogP contribution in [-0.2, 0) is 6.54 Å². The molecule has 5 nitrogen and oxygen atoms in total. The normalized spacial score (nSPS) is 13.6. The summed E-state index contributed by atoms with van der Waals surface area (Å²) in [6, 6.07) is 10.2. The van der Waals surface area contributed by atoms with Gasteiger partial charge in [-0.1, -0.05) is 30.3 Å². The summed E-state index contributed by atoms with van der Waals surface area (Å²) < 4.78 is 5.55. The molecule has 5 heteroatoms. The molecule has 1 aromatic heterocycles. The highest BCUT2D eigenvalue weighted by Crippen LogP contribution is 2.28. The zero-order chi connectivity index (χ0) is 13.1. The van der Waals surface area contributed by atoms with E-state index < -0.39 is 0 Å². The quantitative estimate of drug-likeness (QED) is 0.909. The number of benzene rings is 1. The minimum atomic E-state index is 0.595. The molecule has 1 aromatic carbocycles. The third kappa shape index (κ3) is 2.59. The number of aromatic nitrogens is 2. The fourth-order valence-electron chi connectivity index (χ4n) is 1.99. The van der Waals surface area contributed by atoms with Gasteiger partial charge in [-0.3, -0.25) is 0 Å². The van der Waals surface area contributed by atoms with Gasteiger partial charge in [0, 0.05) is 13.6 Å². The van der Waals surface area contributed by atoms with Gasteiger partial charge >= 0.3 is 0 Å². The van der Waals surface area contributed by atoms with Crippen LogP contribution >= 0.6 is 0 Å². The van der Waals surface area contributed by atoms with Crippen LogP contribution in [0.2, 0.25) is 0 Å². The molecular formula is C14H16N4O. The van der Waals surface area contributed by atoms with Crippen molar-refractivity contribution in [1.82, 2.24) is 9.97 Å². The summed E-state index contributed by atoms with van der Waals surface area (Å²) >= 11 is 0. The van der Waals surface area contributed by atoms with Crippen LogP contribution in [0.4, 0.5) is 11.6 Å². The Morgan fingerprint density at radius 2 is 2.16 bits per heavy atom. The molecule has 19 heavy (non-hydrogen) atoms. The molecule has 0 spiro atoms. The first-order chi connectivity index (χ1) is 9.33. The van der Waals surface area contributed by atoms with Gasteiger partial charge in [-0.15, -0.1) is 0 Å². The standard InChI is InChI=1S/C14H16N4O/c1-18-7-8-19-13-12(18)10-16-14(17-13)15-9-11-5-3-2-4-6-11/h2-6,10H,7-9H2,1H3,(H,15,16,17). The summed E-state index contributed by atoms with van der Waals surface area (Å²) in [6.07, 6.45) is 1.80. The Kier molecular flexibility index (Phi) is 3.18. The Labute approximate surface area is 112 Å². The lowest BCUT2D eigenvalue weighted by Crippen LogP contribution is -2.29. The maximum atomic E-state index is 5.55. The second-order valence-electron chi connectivity index (χ2n) is 4.49. The molecule has 0 atom stereocenters. The van der Waals surface area contributed by atoms with Crippen molar-refractivity contribution >= 4 is 11.6 Å². The predicted octanol–water partition coefficient (Wildman–Crippen LogP) is 1.92. The number of hydrogen-bond donors (Lipinski definition) is 1. The summed E-state index contributed by atoms with van der Waals surface area (Å²) in [7, 11) is 2.02. The van der Waals surface area contributed by atoms with Gasteiger partial charge in [-0.25, -0.2) is 4.98 Å². The molecule has 2 aromatic rings. The lowest BCUT2D eigenvalue weighted by atomic mass is 10.2. The second kappa shape index (κ2) is 5.14. The Bertz CT molecular complexity index is 559. The van der Waals surface area contributed by atoms with Crippen LogP contribution in [0.15, 0.2) is 36.5 Å². The van der Waals surface area contributed by atoms with Gasteiger partial charge in [-0.05, 0) is 5.56 Å². The summed E-state index contributed by atoms with van der Waals surface area (Å²) in [5, 5.41) is 3.21. The number of hydrogen-bond acceptors (Lipinski definition) is 5. The zero-order valence-corrected chi connectivity index (χ0v) is 10.8. The van der Waals surface area contributed by atoms with Gasteiger partial charge < -0.3 is 15.0 Å². The maximum Gasteiger partial charge on any atom is 0.242 e. The van der Waals surface area contributed by atoms with Gasteiger partial charge in [0.05, 0.1) is 12.7 Å². The second-order valence-corrected chi connectivity index (χ2v) is 4.49. The van der Waals surface area contributed by atoms with Crippen molar-refractivity contribution in [3.8, 4) is 5.88 Å². The van der Waals surface area contributed by atoms with E-state index in [0.717, 1.165) is 12.2 Å². The minimum Gasteiger partial charge on any atom is -0.474 e. The highest BCUT2D eigenvalue weighted by molar-refractivity contribution is 5.56. The molecule has 0 aliphatic carbocycles. The first-order valence-corrected chi connectivity index (χ1v) is 6.32. The Morgan fingerprint density at radius 1 is 1.32 bits per heavy atom. The molecule has 0 amide bonds. The first-order valence-electron chi connectivity index (χ1n) is 6.32. The Morgan fingerprint density at radius 3 is 3.00 bits per heavy atom. The molecule has 1 N–H and O–H groups in total. The monoisotopic (exact) mass is 256 g/mol. The highest BCUT2D eigenvalue weighted by Gasteiger charge is 2.17. The summed E-state index contributed by atoms with van der Waals surface area (Å²) in [6.45, 7) is 2.24. The number of rotatable bonds is 3. The van der Waals surface area contributed by atoms with Crippen molar-refractivity contribution in [3.05, 3.63) is 42.1 Å². The molecule has 0 bridgehead atoms. The number of fused-ring (bicyclic) bond motifs is 1. The van der Waals surface area contributed by atoms with E-state index in [4.69, 9.17) is 4.74 Å². The van der Waals surface area contributed by atoms with E-state index in [2.05, 4.69) is 32.3 Å². The Balaban J connectivity index is 1.72. The van der Waals surface area contributed by atoms with Crippen LogP contribution in [0.25, 0.3) is 0 Å². The summed E-state index contributed by atoms with van der Waals surface area (Å²) in [5.41, 5.74) is 2.14. The van der Waals surface area contributed by atoms with Crippen molar-refractivity contribution in [3.63, 3.8) is 0 Å². The van der Waals surface area contributed by atoms with Gasteiger partial charge in [0.25, 0.3) is 0 Å². The predicted molar refractivity (Wildman–Crippen MR) is 74.6 cm³/mol. The average molecular weight is 256 g/mol.